The van der Waals surface area contributed by atoms with E-state index in [2.05, 4.69) is 15.2 Å². The van der Waals surface area contributed by atoms with Crippen LogP contribution < -0.4 is 4.90 Å². The first kappa shape index (κ1) is 26.4. The van der Waals surface area contributed by atoms with Crippen LogP contribution in [0.15, 0.2) is 76.9 Å². The van der Waals surface area contributed by atoms with E-state index in [9.17, 15) is 14.7 Å². The molecule has 0 bridgehead atoms. The molecule has 0 radical (unpaired) electrons. The number of amides is 1. The fourth-order valence-corrected chi connectivity index (χ4v) is 6.51. The number of benzene rings is 2. The third kappa shape index (κ3) is 5.19. The molecule has 192 valence electrons. The van der Waals surface area contributed by atoms with Crippen molar-refractivity contribution in [2.24, 2.45) is 0 Å². The maximum atomic E-state index is 13.3. The number of aliphatic hydroxyl groups excluding tert-OH is 1. The second-order valence-corrected chi connectivity index (χ2v) is 11.4. The SMILES string of the molecule is CCc1ccc(C2/C(=C(\O)c3ccncc3)C(=O)C(=O)N2c2nnc(SCc3ccc(Cl)cc3Cl)s2)cc1. The molecule has 11 heteroatoms. The van der Waals surface area contributed by atoms with Crippen LogP contribution in [0.2, 0.25) is 10.0 Å². The second-order valence-electron chi connectivity index (χ2n) is 8.38. The van der Waals surface area contributed by atoms with E-state index in [1.165, 1.54) is 40.4 Å². The highest BCUT2D eigenvalue weighted by atomic mass is 35.5. The van der Waals surface area contributed by atoms with Gasteiger partial charge in [0.05, 0.1) is 11.6 Å². The molecule has 0 spiro atoms. The Balaban J connectivity index is 1.52. The van der Waals surface area contributed by atoms with Crippen molar-refractivity contribution in [3.63, 3.8) is 0 Å². The van der Waals surface area contributed by atoms with Crippen LogP contribution in [0.25, 0.3) is 5.76 Å². The molecule has 1 unspecified atom stereocenters. The molecule has 0 aliphatic carbocycles. The molecule has 1 aliphatic rings. The van der Waals surface area contributed by atoms with Crippen molar-refractivity contribution in [3.8, 4) is 0 Å². The molecule has 0 saturated carbocycles. The second kappa shape index (κ2) is 11.2. The Hall–Kier alpha value is -3.24. The fraction of sp³-hybridized carbons (Fsp3) is 0.148. The minimum absolute atomic E-state index is 0.0113. The summed E-state index contributed by atoms with van der Waals surface area (Å²) in [5, 5.41) is 21.0. The number of carbonyl (C=O) groups is 2. The summed E-state index contributed by atoms with van der Waals surface area (Å²) in [5.41, 5.74) is 3.04. The lowest BCUT2D eigenvalue weighted by Gasteiger charge is -2.22. The molecule has 2 aromatic heterocycles. The highest BCUT2D eigenvalue weighted by Crippen LogP contribution is 2.44. The average Bonchev–Trinajstić information content (AvgIpc) is 3.50. The zero-order chi connectivity index (χ0) is 26.8. The molecule has 1 amide bonds. The number of aromatic nitrogens is 3. The number of anilines is 1. The van der Waals surface area contributed by atoms with E-state index in [0.29, 0.717) is 31.3 Å². The number of Topliss-reactive ketones (excluding diaryl/α,β-unsaturated/α-hetero) is 1. The predicted molar refractivity (Wildman–Crippen MR) is 151 cm³/mol. The molecular weight excluding hydrogens is 563 g/mol. The summed E-state index contributed by atoms with van der Waals surface area (Å²) in [6.45, 7) is 2.04. The summed E-state index contributed by atoms with van der Waals surface area (Å²) in [6, 6.07) is 15.2. The van der Waals surface area contributed by atoms with Gasteiger partial charge in [-0.3, -0.25) is 19.5 Å². The standard InChI is InChI=1S/C27H20Cl2N4O3S2/c1-2-15-3-5-16(6-4-15)22-21(23(34)17-9-11-30-12-10-17)24(35)25(36)33(22)26-31-32-27(38-26)37-14-18-7-8-19(28)13-20(18)29/h3-13,22,34H,2,14H2,1H3/b23-21+. The van der Waals surface area contributed by atoms with E-state index in [0.717, 1.165) is 17.5 Å². The first-order valence-corrected chi connectivity index (χ1v) is 14.1. The Bertz CT molecular complexity index is 1540. The number of aliphatic hydroxyl groups is 1. The van der Waals surface area contributed by atoms with Crippen LogP contribution in [0.1, 0.15) is 35.2 Å². The van der Waals surface area contributed by atoms with Gasteiger partial charge in [0.1, 0.15) is 5.76 Å². The van der Waals surface area contributed by atoms with E-state index in [1.54, 1.807) is 24.3 Å². The Labute approximate surface area is 237 Å². The Morgan fingerprint density at radius 2 is 1.79 bits per heavy atom. The van der Waals surface area contributed by atoms with Crippen LogP contribution in [0.3, 0.4) is 0 Å². The summed E-state index contributed by atoms with van der Waals surface area (Å²) in [5.74, 6) is -1.32. The lowest BCUT2D eigenvalue weighted by Crippen LogP contribution is -2.29. The third-order valence-electron chi connectivity index (χ3n) is 6.07. The van der Waals surface area contributed by atoms with E-state index >= 15 is 0 Å². The van der Waals surface area contributed by atoms with Crippen molar-refractivity contribution in [1.82, 2.24) is 15.2 Å². The van der Waals surface area contributed by atoms with Gasteiger partial charge in [0.15, 0.2) is 4.34 Å². The van der Waals surface area contributed by atoms with Crippen LogP contribution in [0, 0.1) is 0 Å². The van der Waals surface area contributed by atoms with E-state index in [4.69, 9.17) is 23.2 Å². The van der Waals surface area contributed by atoms with Gasteiger partial charge < -0.3 is 5.11 Å². The normalized spacial score (nSPS) is 16.8. The molecule has 1 fully saturated rings. The fourth-order valence-electron chi connectivity index (χ4n) is 4.08. The molecule has 4 aromatic rings. The summed E-state index contributed by atoms with van der Waals surface area (Å²) < 4.78 is 0.599. The summed E-state index contributed by atoms with van der Waals surface area (Å²) >= 11 is 14.9. The van der Waals surface area contributed by atoms with Gasteiger partial charge in [0, 0.05) is 33.8 Å². The van der Waals surface area contributed by atoms with Crippen LogP contribution in [-0.2, 0) is 21.8 Å². The zero-order valence-electron chi connectivity index (χ0n) is 20.0. The van der Waals surface area contributed by atoms with Crippen molar-refractivity contribution in [3.05, 3.63) is 105 Å². The number of carbonyl (C=O) groups excluding carboxylic acids is 2. The molecule has 3 heterocycles. The van der Waals surface area contributed by atoms with Gasteiger partial charge in [-0.05, 0) is 47.4 Å². The number of aryl methyl sites for hydroxylation is 1. The van der Waals surface area contributed by atoms with Crippen molar-refractivity contribution >= 4 is 68.9 Å². The number of halogens is 2. The van der Waals surface area contributed by atoms with Crippen molar-refractivity contribution in [2.45, 2.75) is 29.5 Å². The maximum Gasteiger partial charge on any atom is 0.301 e. The largest absolute Gasteiger partial charge is 0.507 e. The molecule has 2 aromatic carbocycles. The number of nitrogens with zero attached hydrogens (tertiary/aromatic N) is 4. The quantitative estimate of drug-likeness (QED) is 0.0848. The van der Waals surface area contributed by atoms with Crippen LogP contribution in [0.4, 0.5) is 5.13 Å². The molecular formula is C27H20Cl2N4O3S2. The van der Waals surface area contributed by atoms with Gasteiger partial charge in [-0.1, -0.05) is 83.6 Å². The highest BCUT2D eigenvalue weighted by Gasteiger charge is 2.48. The van der Waals surface area contributed by atoms with Gasteiger partial charge in [-0.15, -0.1) is 10.2 Å². The van der Waals surface area contributed by atoms with Gasteiger partial charge in [-0.2, -0.15) is 0 Å². The van der Waals surface area contributed by atoms with Crippen LogP contribution in [-0.4, -0.2) is 32.0 Å². The Kier molecular flexibility index (Phi) is 7.80. The minimum Gasteiger partial charge on any atom is -0.507 e. The third-order valence-corrected chi connectivity index (χ3v) is 8.76. The first-order valence-electron chi connectivity index (χ1n) is 11.6. The van der Waals surface area contributed by atoms with Crippen molar-refractivity contribution in [2.75, 3.05) is 4.90 Å². The number of hydrogen-bond acceptors (Lipinski definition) is 8. The number of ketones is 1. The number of thioether (sulfide) groups is 1. The topological polar surface area (TPSA) is 96.3 Å². The maximum absolute atomic E-state index is 13.3. The monoisotopic (exact) mass is 582 g/mol. The zero-order valence-corrected chi connectivity index (χ0v) is 23.1. The van der Waals surface area contributed by atoms with E-state index in [-0.39, 0.29) is 16.5 Å². The molecule has 7 nitrogen and oxygen atoms in total. The lowest BCUT2D eigenvalue weighted by atomic mass is 9.95. The molecule has 38 heavy (non-hydrogen) atoms. The minimum atomic E-state index is -0.870. The molecule has 1 N–H and O–H groups in total. The number of hydrogen-bond donors (Lipinski definition) is 1. The molecule has 5 rings (SSSR count). The van der Waals surface area contributed by atoms with Crippen molar-refractivity contribution < 1.29 is 14.7 Å². The van der Waals surface area contributed by atoms with E-state index in [1.807, 2.05) is 37.3 Å². The average molecular weight is 584 g/mol. The molecule has 1 aliphatic heterocycles. The predicted octanol–water partition coefficient (Wildman–Crippen LogP) is 6.72. The highest BCUT2D eigenvalue weighted by molar-refractivity contribution is 8.00. The van der Waals surface area contributed by atoms with Gasteiger partial charge >= 0.3 is 5.91 Å². The summed E-state index contributed by atoms with van der Waals surface area (Å²) in [7, 11) is 0. The molecule has 1 atom stereocenters. The number of rotatable bonds is 7. The lowest BCUT2D eigenvalue weighted by molar-refractivity contribution is -0.132. The van der Waals surface area contributed by atoms with Crippen LogP contribution in [0.5, 0.6) is 0 Å². The van der Waals surface area contributed by atoms with Gasteiger partial charge in [-0.25, -0.2) is 0 Å². The molecule has 1 saturated heterocycles. The Morgan fingerprint density at radius 3 is 2.47 bits per heavy atom. The van der Waals surface area contributed by atoms with Gasteiger partial charge in [0.25, 0.3) is 5.78 Å². The van der Waals surface area contributed by atoms with Gasteiger partial charge in [0.2, 0.25) is 5.13 Å². The Morgan fingerprint density at radius 1 is 1.05 bits per heavy atom. The number of pyridine rings is 1. The van der Waals surface area contributed by atoms with E-state index < -0.39 is 17.7 Å². The first-order chi connectivity index (χ1) is 18.4. The van der Waals surface area contributed by atoms with Crippen molar-refractivity contribution in [1.29, 1.82) is 0 Å². The van der Waals surface area contributed by atoms with Crippen LogP contribution >= 0.6 is 46.3 Å². The smallest absolute Gasteiger partial charge is 0.301 e. The summed E-state index contributed by atoms with van der Waals surface area (Å²) in [6.07, 6.45) is 3.86. The summed E-state index contributed by atoms with van der Waals surface area (Å²) in [4.78, 5) is 31.9.